The van der Waals surface area contributed by atoms with Crippen LogP contribution in [0.15, 0.2) is 170 Å². The van der Waals surface area contributed by atoms with Crippen molar-refractivity contribution in [2.45, 2.75) is 85.4 Å². The van der Waals surface area contributed by atoms with Crippen molar-refractivity contribution in [3.05, 3.63) is 203 Å². The van der Waals surface area contributed by atoms with E-state index in [1.807, 2.05) is 92.0 Å². The second kappa shape index (κ2) is 17.5. The van der Waals surface area contributed by atoms with Crippen molar-refractivity contribution in [3.8, 4) is 67.5 Å². The highest BCUT2D eigenvalue weighted by Crippen LogP contribution is 2.46. The van der Waals surface area contributed by atoms with Crippen LogP contribution in [-0.4, -0.2) is 19.6 Å². The molecule has 0 saturated carbocycles. The highest BCUT2D eigenvalue weighted by Gasteiger charge is 2.28. The van der Waals surface area contributed by atoms with Gasteiger partial charge >= 0.3 is 0 Å². The number of fused-ring (bicyclic) bond motifs is 1. The Morgan fingerprint density at radius 3 is 1.86 bits per heavy atom. The topological polar surface area (TPSA) is 50.9 Å². The lowest BCUT2D eigenvalue weighted by Gasteiger charge is -2.25. The Morgan fingerprint density at radius 2 is 1.20 bits per heavy atom. The second-order valence-corrected chi connectivity index (χ2v) is 18.9. The first-order valence-electron chi connectivity index (χ1n) is 24.4. The Hall–Kier alpha value is -7.04. The number of imidazole rings is 1. The number of pyridine rings is 1. The zero-order valence-electron chi connectivity index (χ0n) is 41.7. The van der Waals surface area contributed by atoms with Gasteiger partial charge in [-0.25, -0.2) is 4.98 Å². The van der Waals surface area contributed by atoms with E-state index in [2.05, 4.69) is 138 Å². The molecule has 0 aliphatic rings. The van der Waals surface area contributed by atoms with E-state index in [0.717, 1.165) is 78.0 Å². The maximum Gasteiger partial charge on any atom is 0.149 e. The van der Waals surface area contributed by atoms with E-state index in [4.69, 9.17) is 12.7 Å². The summed E-state index contributed by atoms with van der Waals surface area (Å²) in [6.07, 6.45) is 1.81. The maximum absolute atomic E-state index is 12.4. The summed E-state index contributed by atoms with van der Waals surface area (Å²) >= 11 is 0. The molecule has 0 bridgehead atoms. The molecule has 1 atom stereocenters. The van der Waals surface area contributed by atoms with Crippen LogP contribution < -0.4 is 0 Å². The minimum Gasteiger partial charge on any atom is -0.507 e. The molecular formula is C61H59N3O. The third-order valence-corrected chi connectivity index (χ3v) is 12.7. The summed E-state index contributed by atoms with van der Waals surface area (Å²) in [5, 5.41) is 12.4. The van der Waals surface area contributed by atoms with Gasteiger partial charge in [0.2, 0.25) is 0 Å². The third kappa shape index (κ3) is 8.42. The van der Waals surface area contributed by atoms with Crippen LogP contribution in [0.3, 0.4) is 0 Å². The predicted molar refractivity (Wildman–Crippen MR) is 273 cm³/mol. The summed E-state index contributed by atoms with van der Waals surface area (Å²) in [5.74, 6) is 0.0389. The Kier molecular flexibility index (Phi) is 10.6. The third-order valence-electron chi connectivity index (χ3n) is 12.7. The second-order valence-electron chi connectivity index (χ2n) is 18.9. The van der Waals surface area contributed by atoms with Gasteiger partial charge in [0, 0.05) is 27.3 Å². The van der Waals surface area contributed by atoms with Gasteiger partial charge in [0.1, 0.15) is 11.6 Å². The summed E-state index contributed by atoms with van der Waals surface area (Å²) in [7, 11) is 0. The van der Waals surface area contributed by atoms with Crippen molar-refractivity contribution >= 4 is 11.0 Å². The summed E-state index contributed by atoms with van der Waals surface area (Å²) in [6, 6.07) is 55.6. The maximum atomic E-state index is 12.4. The van der Waals surface area contributed by atoms with E-state index in [-0.39, 0.29) is 23.0 Å². The monoisotopic (exact) mass is 852 g/mol. The highest BCUT2D eigenvalue weighted by molar-refractivity contribution is 5.97. The van der Waals surface area contributed by atoms with E-state index in [9.17, 15) is 6.48 Å². The van der Waals surface area contributed by atoms with Crippen LogP contribution in [0.2, 0.25) is 0 Å². The molecule has 0 aliphatic carbocycles. The molecule has 9 aromatic rings. The van der Waals surface area contributed by atoms with Crippen LogP contribution in [-0.2, 0) is 5.41 Å². The lowest BCUT2D eigenvalue weighted by Crippen LogP contribution is -2.12. The average molecular weight is 853 g/mol. The minimum atomic E-state index is -1.13. The standard InChI is InChI=1S/C61H59N3O/c1-38(2)52-35-47(43-20-14-11-15-21-43)36-53(39(3)4)58(52)64-56-25-17-22-50(57(56)63-60(64)51-23-16-24-54(59(51)65)61(7,8)9)48-32-46(41(6)42-18-12-10-13-19-42)33-49(34-48)55-37-45(30-31-62-55)44-28-26-40(5)27-29-44/h10-39,41,65H,1-9H3/i5D2,41D. The average Bonchev–Trinajstić information content (AvgIpc) is 3.73. The molecular weight excluding hydrogens is 791 g/mol. The lowest BCUT2D eigenvalue weighted by atomic mass is 9.85. The number of benzene rings is 7. The van der Waals surface area contributed by atoms with E-state index in [0.29, 0.717) is 17.0 Å². The molecule has 0 saturated heterocycles. The molecule has 0 aliphatic heterocycles. The number of phenolic OH excluding ortho intramolecular Hbond substituents is 1. The largest absolute Gasteiger partial charge is 0.507 e. The van der Waals surface area contributed by atoms with E-state index < -0.39 is 12.8 Å². The van der Waals surface area contributed by atoms with E-state index in [1.165, 1.54) is 11.1 Å². The number of aryl methyl sites for hydroxylation is 1. The Bertz CT molecular complexity index is 3240. The molecule has 1 N–H and O–H groups in total. The normalized spacial score (nSPS) is 13.6. The Labute approximate surface area is 389 Å². The summed E-state index contributed by atoms with van der Waals surface area (Å²) < 4.78 is 28.0. The zero-order chi connectivity index (χ0) is 48.1. The molecule has 4 nitrogen and oxygen atoms in total. The first-order valence-corrected chi connectivity index (χ1v) is 22.7. The summed E-state index contributed by atoms with van der Waals surface area (Å²) in [6.45, 7) is 16.3. The number of aromatic nitrogens is 3. The molecule has 1 unspecified atom stereocenters. The van der Waals surface area contributed by atoms with Crippen molar-refractivity contribution in [1.82, 2.24) is 14.5 Å². The van der Waals surface area contributed by atoms with Crippen molar-refractivity contribution in [1.29, 1.82) is 0 Å². The number of rotatable bonds is 10. The molecule has 9 rings (SSSR count). The van der Waals surface area contributed by atoms with Crippen molar-refractivity contribution < 1.29 is 9.22 Å². The predicted octanol–water partition coefficient (Wildman–Crippen LogP) is 16.5. The number of aromatic hydroxyl groups is 1. The SMILES string of the molecule is [2H]C([2H])c1ccc(-c2ccnc(-c3cc(-c4cccc5c4nc(-c4cccc(C(C)(C)C)c4O)n5-c4c(C(C)C)cc(-c5ccccc5)cc4C(C)C)cc(C([2H])(C)c4ccccc4)c3)c2)cc1. The fraction of sp³-hybridized carbons (Fsp3) is 0.213. The van der Waals surface area contributed by atoms with Gasteiger partial charge in [0.05, 0.1) is 28.0 Å². The smallest absolute Gasteiger partial charge is 0.149 e. The molecule has 0 amide bonds. The lowest BCUT2D eigenvalue weighted by molar-refractivity contribution is 0.448. The minimum absolute atomic E-state index is 0.148. The number of hydrogen-bond donors (Lipinski definition) is 1. The summed E-state index contributed by atoms with van der Waals surface area (Å²) in [4.78, 5) is 10.6. The van der Waals surface area contributed by atoms with Gasteiger partial charge in [-0.3, -0.25) is 9.55 Å². The van der Waals surface area contributed by atoms with Crippen LogP contribution in [0, 0.1) is 6.88 Å². The van der Waals surface area contributed by atoms with Gasteiger partial charge in [-0.1, -0.05) is 176 Å². The quantitative estimate of drug-likeness (QED) is 0.149. The fourth-order valence-corrected chi connectivity index (χ4v) is 9.13. The number of nitrogens with zero attached hydrogens (tertiary/aromatic N) is 3. The molecule has 0 radical (unpaired) electrons. The number of hydrogen-bond acceptors (Lipinski definition) is 3. The summed E-state index contributed by atoms with van der Waals surface area (Å²) in [5.41, 5.74) is 16.2. The Balaban J connectivity index is 1.34. The van der Waals surface area contributed by atoms with E-state index >= 15 is 0 Å². The van der Waals surface area contributed by atoms with Crippen molar-refractivity contribution in [2.24, 2.45) is 0 Å². The van der Waals surface area contributed by atoms with Crippen LogP contribution in [0.1, 0.15) is 111 Å². The van der Waals surface area contributed by atoms with Gasteiger partial charge in [-0.15, -0.1) is 0 Å². The highest BCUT2D eigenvalue weighted by atomic mass is 16.3. The molecule has 0 spiro atoms. The van der Waals surface area contributed by atoms with Crippen LogP contribution in [0.4, 0.5) is 0 Å². The molecule has 4 heteroatoms. The molecule has 0 fully saturated rings. The number of phenols is 1. The first-order chi connectivity index (χ1) is 32.5. The van der Waals surface area contributed by atoms with E-state index in [1.54, 1.807) is 0 Å². The zero-order valence-corrected chi connectivity index (χ0v) is 38.7. The van der Waals surface area contributed by atoms with Crippen LogP contribution in [0.5, 0.6) is 5.75 Å². The molecule has 2 heterocycles. The van der Waals surface area contributed by atoms with Gasteiger partial charge in [-0.05, 0) is 128 Å². The molecule has 2 aromatic heterocycles. The van der Waals surface area contributed by atoms with Crippen molar-refractivity contribution in [2.75, 3.05) is 0 Å². The van der Waals surface area contributed by atoms with Gasteiger partial charge < -0.3 is 5.11 Å². The number of para-hydroxylation sites is 2. The molecule has 7 aromatic carbocycles. The first kappa shape index (κ1) is 39.5. The molecule has 324 valence electrons. The molecule has 65 heavy (non-hydrogen) atoms. The van der Waals surface area contributed by atoms with Crippen LogP contribution >= 0.6 is 0 Å². The van der Waals surface area contributed by atoms with Gasteiger partial charge in [0.15, 0.2) is 0 Å². The van der Waals surface area contributed by atoms with Gasteiger partial charge in [-0.2, -0.15) is 0 Å². The fourth-order valence-electron chi connectivity index (χ4n) is 9.13. The van der Waals surface area contributed by atoms with Gasteiger partial charge in [0.25, 0.3) is 0 Å². The van der Waals surface area contributed by atoms with Crippen molar-refractivity contribution in [3.63, 3.8) is 0 Å². The Morgan fingerprint density at radius 1 is 0.569 bits per heavy atom. The van der Waals surface area contributed by atoms with Crippen LogP contribution in [0.25, 0.3) is 72.7 Å².